The Morgan fingerprint density at radius 3 is 2.89 bits per heavy atom. The Morgan fingerprint density at radius 1 is 1.50 bits per heavy atom. The van der Waals surface area contributed by atoms with Gasteiger partial charge in [0.25, 0.3) is 0 Å². The lowest BCUT2D eigenvalue weighted by Gasteiger charge is -2.09. The molecule has 8 heteroatoms. The highest BCUT2D eigenvalue weighted by atomic mass is 32.2. The van der Waals surface area contributed by atoms with Crippen LogP contribution < -0.4 is 4.72 Å². The molecule has 0 amide bonds. The van der Waals surface area contributed by atoms with E-state index in [1.54, 1.807) is 25.1 Å². The molecule has 0 spiro atoms. The minimum atomic E-state index is -3.48. The maximum absolute atomic E-state index is 12.0. The molecule has 0 saturated heterocycles. The second-order valence-corrected chi connectivity index (χ2v) is 7.10. The zero-order valence-corrected chi connectivity index (χ0v) is 12.1. The van der Waals surface area contributed by atoms with Crippen molar-refractivity contribution in [3.63, 3.8) is 0 Å². The number of nitrogens with zero attached hydrogens (tertiary/aromatic N) is 1. The second kappa shape index (κ2) is 5.43. The number of thiol groups is 1. The van der Waals surface area contributed by atoms with Gasteiger partial charge in [-0.15, -0.1) is 11.3 Å². The number of nitrogens with one attached hydrogen (secondary N) is 1. The first kappa shape index (κ1) is 13.6. The summed E-state index contributed by atoms with van der Waals surface area (Å²) in [5.41, 5.74) is 0.628. The number of rotatable bonds is 5. The van der Waals surface area contributed by atoms with Crippen molar-refractivity contribution in [1.82, 2.24) is 9.88 Å². The molecule has 5 nitrogen and oxygen atoms in total. The molecule has 2 aromatic rings. The molecule has 2 heterocycles. The summed E-state index contributed by atoms with van der Waals surface area (Å²) < 4.78 is 31.5. The van der Waals surface area contributed by atoms with Crippen LogP contribution in [0.2, 0.25) is 0 Å². The maximum atomic E-state index is 12.0. The van der Waals surface area contributed by atoms with Crippen LogP contribution in [0.4, 0.5) is 0 Å². The van der Waals surface area contributed by atoms with E-state index in [9.17, 15) is 8.42 Å². The van der Waals surface area contributed by atoms with Gasteiger partial charge in [0.2, 0.25) is 10.0 Å². The molecule has 0 unspecified atom stereocenters. The number of hydrogen-bond donors (Lipinski definition) is 2. The summed E-state index contributed by atoms with van der Waals surface area (Å²) in [5.74, 6) is 0.445. The Kier molecular flexibility index (Phi) is 4.10. The molecule has 0 radical (unpaired) electrons. The van der Waals surface area contributed by atoms with E-state index in [0.717, 1.165) is 16.2 Å². The fourth-order valence-electron chi connectivity index (χ4n) is 1.30. The van der Waals surface area contributed by atoms with Crippen LogP contribution in [-0.2, 0) is 10.0 Å². The number of thiophene rings is 1. The first-order chi connectivity index (χ1) is 8.53. The molecular weight excluding hydrogens is 292 g/mol. The molecular formula is C10H12N2O3S3. The van der Waals surface area contributed by atoms with Gasteiger partial charge in [-0.25, -0.2) is 13.1 Å². The highest BCUT2D eigenvalue weighted by molar-refractivity contribution is 7.91. The third kappa shape index (κ3) is 2.94. The Balaban J connectivity index is 2.25. The fraction of sp³-hybridized carbons (Fsp3) is 0.300. The van der Waals surface area contributed by atoms with Gasteiger partial charge in [0.15, 0.2) is 0 Å². The minimum absolute atomic E-state index is 0.212. The van der Waals surface area contributed by atoms with Gasteiger partial charge in [0, 0.05) is 17.9 Å². The van der Waals surface area contributed by atoms with Gasteiger partial charge in [0.05, 0.1) is 4.88 Å². The Morgan fingerprint density at radius 2 is 2.28 bits per heavy atom. The van der Waals surface area contributed by atoms with Crippen molar-refractivity contribution in [3.05, 3.63) is 24.5 Å². The third-order valence-electron chi connectivity index (χ3n) is 2.17. The molecule has 0 aromatic carbocycles. The molecule has 0 aliphatic carbocycles. The lowest BCUT2D eigenvalue weighted by molar-refractivity contribution is 0.422. The van der Waals surface area contributed by atoms with Crippen molar-refractivity contribution in [2.45, 2.75) is 17.2 Å². The van der Waals surface area contributed by atoms with E-state index in [2.05, 4.69) is 22.5 Å². The van der Waals surface area contributed by atoms with Gasteiger partial charge in [-0.3, -0.25) is 0 Å². The summed E-state index contributed by atoms with van der Waals surface area (Å²) in [7, 11) is -3.48. The van der Waals surface area contributed by atoms with Crippen LogP contribution >= 0.6 is 24.0 Å². The number of sulfonamides is 1. The van der Waals surface area contributed by atoms with E-state index in [1.807, 2.05) is 0 Å². The van der Waals surface area contributed by atoms with Crippen LogP contribution in [0.25, 0.3) is 10.6 Å². The average Bonchev–Trinajstić information content (AvgIpc) is 2.98. The predicted octanol–water partition coefficient (Wildman–Crippen LogP) is 2.00. The quantitative estimate of drug-likeness (QED) is 0.829. The van der Waals surface area contributed by atoms with Crippen LogP contribution in [0.15, 0.2) is 33.2 Å². The van der Waals surface area contributed by atoms with E-state index < -0.39 is 10.0 Å². The monoisotopic (exact) mass is 304 g/mol. The lowest BCUT2D eigenvalue weighted by atomic mass is 10.3. The summed E-state index contributed by atoms with van der Waals surface area (Å²) in [6, 6.07) is 4.74. The normalized spacial score (nSPS) is 13.7. The van der Waals surface area contributed by atoms with Crippen LogP contribution in [0.5, 0.6) is 0 Å². The Bertz CT molecular complexity index is 604. The van der Waals surface area contributed by atoms with Crippen molar-refractivity contribution in [2.24, 2.45) is 0 Å². The van der Waals surface area contributed by atoms with Crippen molar-refractivity contribution < 1.29 is 12.9 Å². The molecule has 0 saturated carbocycles. The van der Waals surface area contributed by atoms with E-state index in [0.29, 0.717) is 11.4 Å². The molecule has 98 valence electrons. The SMILES string of the molecule is C[C@H](CS)NS(=O)(=O)c1ccc(-c2ccon2)s1. The number of hydrogen-bond acceptors (Lipinski definition) is 6. The number of aromatic nitrogens is 1. The van der Waals surface area contributed by atoms with Gasteiger partial charge in [-0.05, 0) is 19.1 Å². The summed E-state index contributed by atoms with van der Waals surface area (Å²) in [4.78, 5) is 0.752. The van der Waals surface area contributed by atoms with Gasteiger partial charge in [-0.2, -0.15) is 12.6 Å². The zero-order chi connectivity index (χ0) is 13.2. The van der Waals surface area contributed by atoms with Gasteiger partial charge in [-0.1, -0.05) is 5.16 Å². The first-order valence-corrected chi connectivity index (χ1v) is 8.10. The van der Waals surface area contributed by atoms with Gasteiger partial charge < -0.3 is 4.52 Å². The molecule has 1 atom stereocenters. The Labute approximate surface area is 115 Å². The van der Waals surface area contributed by atoms with Crippen LogP contribution in [-0.4, -0.2) is 25.4 Å². The summed E-state index contributed by atoms with van der Waals surface area (Å²) in [5, 5.41) is 3.77. The lowest BCUT2D eigenvalue weighted by Crippen LogP contribution is -2.33. The minimum Gasteiger partial charge on any atom is -0.364 e. The van der Waals surface area contributed by atoms with Crippen molar-refractivity contribution in [2.75, 3.05) is 5.75 Å². The average molecular weight is 304 g/mol. The molecule has 18 heavy (non-hydrogen) atoms. The topological polar surface area (TPSA) is 72.2 Å². The summed E-state index contributed by atoms with van der Waals surface area (Å²) >= 11 is 5.20. The second-order valence-electron chi connectivity index (χ2n) is 3.71. The molecule has 0 bridgehead atoms. The van der Waals surface area contributed by atoms with E-state index in [-0.39, 0.29) is 10.3 Å². The first-order valence-electron chi connectivity index (χ1n) is 5.16. The van der Waals surface area contributed by atoms with Crippen LogP contribution in [0.3, 0.4) is 0 Å². The fourth-order valence-corrected chi connectivity index (χ4v) is 4.04. The van der Waals surface area contributed by atoms with E-state index in [4.69, 9.17) is 4.52 Å². The molecule has 1 N–H and O–H groups in total. The van der Waals surface area contributed by atoms with Crippen molar-refractivity contribution in [1.29, 1.82) is 0 Å². The summed E-state index contributed by atoms with van der Waals surface area (Å²) in [6.45, 7) is 1.76. The van der Waals surface area contributed by atoms with E-state index >= 15 is 0 Å². The van der Waals surface area contributed by atoms with Gasteiger partial charge >= 0.3 is 0 Å². The highest BCUT2D eigenvalue weighted by Crippen LogP contribution is 2.29. The van der Waals surface area contributed by atoms with Crippen LogP contribution in [0.1, 0.15) is 6.92 Å². The largest absolute Gasteiger partial charge is 0.364 e. The van der Waals surface area contributed by atoms with E-state index in [1.165, 1.54) is 6.26 Å². The molecule has 2 aromatic heterocycles. The smallest absolute Gasteiger partial charge is 0.250 e. The predicted molar refractivity (Wildman–Crippen MR) is 73.5 cm³/mol. The zero-order valence-electron chi connectivity index (χ0n) is 9.53. The summed E-state index contributed by atoms with van der Waals surface area (Å²) in [6.07, 6.45) is 1.45. The highest BCUT2D eigenvalue weighted by Gasteiger charge is 2.19. The van der Waals surface area contributed by atoms with Crippen molar-refractivity contribution in [3.8, 4) is 10.6 Å². The van der Waals surface area contributed by atoms with Gasteiger partial charge in [0.1, 0.15) is 16.2 Å². The molecule has 0 aliphatic rings. The maximum Gasteiger partial charge on any atom is 0.250 e. The molecule has 0 aliphatic heterocycles. The molecule has 0 fully saturated rings. The third-order valence-corrected chi connectivity index (χ3v) is 5.90. The van der Waals surface area contributed by atoms with Crippen molar-refractivity contribution >= 4 is 34.0 Å². The Hall–Kier alpha value is -0.830. The molecule has 2 rings (SSSR count). The standard InChI is InChI=1S/C10H12N2O3S3/c1-7(6-16)12-18(13,14)10-3-2-9(17-10)8-4-5-15-11-8/h2-5,7,12,16H,6H2,1H3/t7-/m1/s1. The van der Waals surface area contributed by atoms with Crippen LogP contribution in [0, 0.1) is 0 Å².